The van der Waals surface area contributed by atoms with Crippen molar-refractivity contribution in [3.05, 3.63) is 16.1 Å². The van der Waals surface area contributed by atoms with Crippen LogP contribution in [0.25, 0.3) is 0 Å². The van der Waals surface area contributed by atoms with Crippen molar-refractivity contribution >= 4 is 28.8 Å². The molecule has 0 spiro atoms. The highest BCUT2D eigenvalue weighted by molar-refractivity contribution is 7.11. The zero-order chi connectivity index (χ0) is 11.3. The maximum Gasteiger partial charge on any atom is 0.221 e. The predicted octanol–water partition coefficient (Wildman–Crippen LogP) is 2.51. The van der Waals surface area contributed by atoms with Gasteiger partial charge in [-0.15, -0.1) is 22.9 Å². The molecule has 0 bridgehead atoms. The Hall–Kier alpha value is -0.610. The fourth-order valence-corrected chi connectivity index (χ4v) is 2.18. The Bertz CT molecular complexity index is 327. The normalized spacial score (nSPS) is 12.5. The minimum Gasteiger partial charge on any atom is -0.347 e. The van der Waals surface area contributed by atoms with Crippen LogP contribution in [0.15, 0.2) is 6.20 Å². The second-order valence-electron chi connectivity index (χ2n) is 3.25. The Balaban J connectivity index is 2.52. The van der Waals surface area contributed by atoms with Gasteiger partial charge >= 0.3 is 0 Å². The van der Waals surface area contributed by atoms with Gasteiger partial charge in [0.25, 0.3) is 0 Å². The number of hydrogen-bond acceptors (Lipinski definition) is 3. The van der Waals surface area contributed by atoms with Crippen LogP contribution in [0.4, 0.5) is 0 Å². The van der Waals surface area contributed by atoms with E-state index >= 15 is 0 Å². The molecule has 0 aromatic carbocycles. The van der Waals surface area contributed by atoms with Crippen molar-refractivity contribution in [1.82, 2.24) is 10.3 Å². The molecule has 15 heavy (non-hydrogen) atoms. The van der Waals surface area contributed by atoms with Gasteiger partial charge in [-0.2, -0.15) is 0 Å². The van der Waals surface area contributed by atoms with E-state index in [1.165, 1.54) is 4.88 Å². The molecule has 1 N–H and O–H groups in total. The largest absolute Gasteiger partial charge is 0.347 e. The predicted molar refractivity (Wildman–Crippen MR) is 63.4 cm³/mol. The summed E-state index contributed by atoms with van der Waals surface area (Å²) in [4.78, 5) is 16.8. The summed E-state index contributed by atoms with van der Waals surface area (Å²) in [6.07, 6.45) is 3.21. The molecule has 0 aliphatic rings. The SMILES string of the molecule is CCc1cnc(C(C)NC(=O)CCCl)s1. The van der Waals surface area contributed by atoms with Gasteiger partial charge in [0.05, 0.1) is 6.04 Å². The third-order valence-corrected chi connectivity index (χ3v) is 3.50. The van der Waals surface area contributed by atoms with Crippen LogP contribution in [0.1, 0.15) is 36.2 Å². The number of hydrogen-bond donors (Lipinski definition) is 1. The Kier molecular flexibility index (Phi) is 5.05. The highest BCUT2D eigenvalue weighted by Gasteiger charge is 2.12. The number of aryl methyl sites for hydroxylation is 1. The minimum absolute atomic E-state index is 0.0222. The minimum atomic E-state index is -0.0225. The zero-order valence-corrected chi connectivity index (χ0v) is 10.5. The lowest BCUT2D eigenvalue weighted by Crippen LogP contribution is -2.26. The van der Waals surface area contributed by atoms with E-state index in [-0.39, 0.29) is 11.9 Å². The summed E-state index contributed by atoms with van der Waals surface area (Å²) in [6.45, 7) is 4.03. The standard InChI is InChI=1S/C10H15ClN2OS/c1-3-8-6-12-10(15-8)7(2)13-9(14)4-5-11/h6-7H,3-5H2,1-2H3,(H,13,14). The number of halogens is 1. The molecule has 0 aliphatic carbocycles. The molecule has 1 aromatic heterocycles. The smallest absolute Gasteiger partial charge is 0.221 e. The van der Waals surface area contributed by atoms with E-state index in [9.17, 15) is 4.79 Å². The molecule has 1 aromatic rings. The number of alkyl halides is 1. The number of thiazole rings is 1. The Labute approximate surface area is 98.9 Å². The summed E-state index contributed by atoms with van der Waals surface area (Å²) < 4.78 is 0. The molecule has 1 rings (SSSR count). The zero-order valence-electron chi connectivity index (χ0n) is 8.92. The van der Waals surface area contributed by atoms with Crippen molar-refractivity contribution < 1.29 is 4.79 Å². The lowest BCUT2D eigenvalue weighted by atomic mass is 10.3. The van der Waals surface area contributed by atoms with Crippen molar-refractivity contribution in [2.45, 2.75) is 32.7 Å². The van der Waals surface area contributed by atoms with Crippen LogP contribution < -0.4 is 5.32 Å². The van der Waals surface area contributed by atoms with Crippen LogP contribution in [-0.4, -0.2) is 16.8 Å². The van der Waals surface area contributed by atoms with Gasteiger partial charge in [0, 0.05) is 23.4 Å². The molecule has 1 unspecified atom stereocenters. The second-order valence-corrected chi connectivity index (χ2v) is 4.77. The molecule has 1 heterocycles. The van der Waals surface area contributed by atoms with Gasteiger partial charge in [-0.25, -0.2) is 4.98 Å². The summed E-state index contributed by atoms with van der Waals surface area (Å²) in [7, 11) is 0. The van der Waals surface area contributed by atoms with Crippen LogP contribution in [0, 0.1) is 0 Å². The fraction of sp³-hybridized carbons (Fsp3) is 0.600. The Morgan fingerprint density at radius 2 is 2.47 bits per heavy atom. The molecule has 84 valence electrons. The molecular formula is C10H15ClN2OS. The average molecular weight is 247 g/mol. The maximum absolute atomic E-state index is 11.3. The van der Waals surface area contributed by atoms with Crippen LogP contribution in [0.5, 0.6) is 0 Å². The number of rotatable bonds is 5. The molecule has 3 nitrogen and oxygen atoms in total. The number of aromatic nitrogens is 1. The number of nitrogens with zero attached hydrogens (tertiary/aromatic N) is 1. The monoisotopic (exact) mass is 246 g/mol. The van der Waals surface area contributed by atoms with Gasteiger partial charge in [0.2, 0.25) is 5.91 Å². The van der Waals surface area contributed by atoms with Crippen molar-refractivity contribution in [1.29, 1.82) is 0 Å². The molecule has 5 heteroatoms. The average Bonchev–Trinajstić information content (AvgIpc) is 2.66. The van der Waals surface area contributed by atoms with Gasteiger partial charge in [0.15, 0.2) is 0 Å². The van der Waals surface area contributed by atoms with E-state index in [2.05, 4.69) is 17.2 Å². The van der Waals surface area contributed by atoms with Gasteiger partial charge in [-0.05, 0) is 13.3 Å². The maximum atomic E-state index is 11.3. The summed E-state index contributed by atoms with van der Waals surface area (Å²) in [6, 6.07) is -0.0222. The van der Waals surface area contributed by atoms with Gasteiger partial charge in [0.1, 0.15) is 5.01 Å². The highest BCUT2D eigenvalue weighted by Crippen LogP contribution is 2.20. The number of carbonyl (C=O) groups excluding carboxylic acids is 1. The molecule has 0 fully saturated rings. The summed E-state index contributed by atoms with van der Waals surface area (Å²) in [5.41, 5.74) is 0. The highest BCUT2D eigenvalue weighted by atomic mass is 35.5. The van der Waals surface area contributed by atoms with E-state index in [0.717, 1.165) is 11.4 Å². The molecule has 0 radical (unpaired) electrons. The van der Waals surface area contributed by atoms with Gasteiger partial charge < -0.3 is 5.32 Å². The van der Waals surface area contributed by atoms with Crippen LogP contribution in [-0.2, 0) is 11.2 Å². The molecule has 0 aliphatic heterocycles. The quantitative estimate of drug-likeness (QED) is 0.812. The fourth-order valence-electron chi connectivity index (χ4n) is 1.15. The lowest BCUT2D eigenvalue weighted by molar-refractivity contribution is -0.121. The molecule has 0 saturated heterocycles. The Morgan fingerprint density at radius 3 is 3.00 bits per heavy atom. The topological polar surface area (TPSA) is 42.0 Å². The second kappa shape index (κ2) is 6.08. The molecular weight excluding hydrogens is 232 g/mol. The van der Waals surface area contributed by atoms with E-state index in [1.54, 1.807) is 11.3 Å². The van der Waals surface area contributed by atoms with Gasteiger partial charge in [-0.3, -0.25) is 4.79 Å². The van der Waals surface area contributed by atoms with Crippen LogP contribution in [0.3, 0.4) is 0 Å². The Morgan fingerprint density at radius 1 is 1.73 bits per heavy atom. The van der Waals surface area contributed by atoms with Crippen molar-refractivity contribution in [2.75, 3.05) is 5.88 Å². The van der Waals surface area contributed by atoms with E-state index in [4.69, 9.17) is 11.6 Å². The first-order chi connectivity index (χ1) is 7.17. The van der Waals surface area contributed by atoms with Crippen molar-refractivity contribution in [3.8, 4) is 0 Å². The first-order valence-corrected chi connectivity index (χ1v) is 6.32. The molecule has 1 amide bonds. The summed E-state index contributed by atoms with van der Waals surface area (Å²) in [5.74, 6) is 0.335. The number of nitrogens with one attached hydrogen (secondary N) is 1. The van der Waals surface area contributed by atoms with E-state index < -0.39 is 0 Å². The number of carbonyl (C=O) groups is 1. The molecule has 1 atom stereocenters. The summed E-state index contributed by atoms with van der Waals surface area (Å²) >= 11 is 7.12. The van der Waals surface area contributed by atoms with E-state index in [1.807, 2.05) is 13.1 Å². The van der Waals surface area contributed by atoms with Crippen molar-refractivity contribution in [2.24, 2.45) is 0 Å². The number of amides is 1. The molecule has 0 saturated carbocycles. The van der Waals surface area contributed by atoms with Gasteiger partial charge in [-0.1, -0.05) is 6.92 Å². The van der Waals surface area contributed by atoms with Crippen molar-refractivity contribution in [3.63, 3.8) is 0 Å². The third kappa shape index (κ3) is 3.80. The van der Waals surface area contributed by atoms with Crippen LogP contribution in [0.2, 0.25) is 0 Å². The van der Waals surface area contributed by atoms with Crippen LogP contribution >= 0.6 is 22.9 Å². The summed E-state index contributed by atoms with van der Waals surface area (Å²) in [5, 5.41) is 3.81. The van der Waals surface area contributed by atoms with E-state index in [0.29, 0.717) is 12.3 Å². The third-order valence-electron chi connectivity index (χ3n) is 1.99. The first-order valence-electron chi connectivity index (χ1n) is 4.97. The first kappa shape index (κ1) is 12.5. The lowest BCUT2D eigenvalue weighted by Gasteiger charge is -2.09.